The van der Waals surface area contributed by atoms with Gasteiger partial charge in [0.05, 0.1) is 19.8 Å². The zero-order chi connectivity index (χ0) is 44.2. The maximum Gasteiger partial charge on any atom is 0.472 e. The topological polar surface area (TPSA) is 155 Å². The van der Waals surface area contributed by atoms with E-state index in [1.54, 1.807) is 0 Å². The number of esters is 3. The summed E-state index contributed by atoms with van der Waals surface area (Å²) in [5, 5.41) is 9.71. The molecule has 0 heterocycles. The molecular weight excluding hydrogens is 783 g/mol. The Morgan fingerprint density at radius 1 is 0.400 bits per heavy atom. The van der Waals surface area contributed by atoms with Crippen LogP contribution in [0.5, 0.6) is 0 Å². The van der Waals surface area contributed by atoms with E-state index in [0.717, 1.165) is 57.8 Å². The van der Waals surface area contributed by atoms with Crippen LogP contribution in [0.4, 0.5) is 0 Å². The first-order valence-corrected chi connectivity index (χ1v) is 26.4. The number of hydrogen-bond acceptors (Lipinski definition) is 10. The number of carbonyl (C=O) groups is 3. The van der Waals surface area contributed by atoms with E-state index in [9.17, 15) is 28.9 Å². The SMILES string of the molecule is CCCCCCCCCCCCCCCCCC(=O)OCC(COP(=O)(O)OCC(CO)OC(=O)CCCCCCCCCCC)OC(=O)CCCCCCCCCCC. The molecule has 0 rings (SSSR count). The lowest BCUT2D eigenvalue weighted by Crippen LogP contribution is -2.30. The maximum atomic E-state index is 12.8. The van der Waals surface area contributed by atoms with Crippen LogP contribution < -0.4 is 0 Å². The molecule has 0 bridgehead atoms. The molecular formula is C48H93O11P. The van der Waals surface area contributed by atoms with Crippen molar-refractivity contribution in [2.45, 2.75) is 264 Å². The quantitative estimate of drug-likeness (QED) is 0.0260. The van der Waals surface area contributed by atoms with Crippen molar-refractivity contribution in [3.8, 4) is 0 Å². The Kier molecular flexibility index (Phi) is 43.0. The van der Waals surface area contributed by atoms with Crippen molar-refractivity contribution >= 4 is 25.7 Å². The summed E-state index contributed by atoms with van der Waals surface area (Å²) in [5.74, 6) is -1.44. The fourth-order valence-corrected chi connectivity index (χ4v) is 7.96. The van der Waals surface area contributed by atoms with Crippen LogP contribution in [-0.4, -0.2) is 66.5 Å². The number of phosphoric ester groups is 1. The highest BCUT2D eigenvalue weighted by atomic mass is 31.2. The van der Waals surface area contributed by atoms with E-state index in [2.05, 4.69) is 20.8 Å². The third kappa shape index (κ3) is 41.8. The third-order valence-corrected chi connectivity index (χ3v) is 12.0. The van der Waals surface area contributed by atoms with Crippen molar-refractivity contribution in [2.24, 2.45) is 0 Å². The summed E-state index contributed by atoms with van der Waals surface area (Å²) in [6.45, 7) is 4.61. The van der Waals surface area contributed by atoms with Gasteiger partial charge < -0.3 is 24.2 Å². The van der Waals surface area contributed by atoms with E-state index in [0.29, 0.717) is 19.3 Å². The highest BCUT2D eigenvalue weighted by Crippen LogP contribution is 2.43. The van der Waals surface area contributed by atoms with Gasteiger partial charge in [0, 0.05) is 19.3 Å². The number of aliphatic hydroxyl groups is 1. The van der Waals surface area contributed by atoms with Crippen molar-refractivity contribution in [2.75, 3.05) is 26.4 Å². The van der Waals surface area contributed by atoms with Crippen molar-refractivity contribution in [3.05, 3.63) is 0 Å². The van der Waals surface area contributed by atoms with Gasteiger partial charge in [-0.25, -0.2) is 4.57 Å². The highest BCUT2D eigenvalue weighted by molar-refractivity contribution is 7.47. The van der Waals surface area contributed by atoms with Gasteiger partial charge in [-0.15, -0.1) is 0 Å². The Balaban J connectivity index is 4.65. The molecule has 3 atom stereocenters. The standard InChI is InChI=1S/C48H93O11P/c1-4-7-10-13-16-19-20-21-22-23-24-27-28-31-34-37-46(50)55-41-45(59-48(52)39-36-33-30-26-18-15-12-9-6-3)43-57-60(53,54)56-42-44(40-49)58-47(51)38-35-32-29-25-17-14-11-8-5-2/h44-45,49H,4-43H2,1-3H3,(H,53,54). The van der Waals surface area contributed by atoms with E-state index in [4.69, 9.17) is 23.3 Å². The molecule has 0 aliphatic carbocycles. The maximum absolute atomic E-state index is 12.8. The van der Waals surface area contributed by atoms with Gasteiger partial charge in [-0.2, -0.15) is 0 Å². The summed E-state index contributed by atoms with van der Waals surface area (Å²) in [5.41, 5.74) is 0. The van der Waals surface area contributed by atoms with Crippen molar-refractivity contribution in [3.63, 3.8) is 0 Å². The zero-order valence-electron chi connectivity index (χ0n) is 39.0. The summed E-state index contributed by atoms with van der Waals surface area (Å²) < 4.78 is 39.2. The summed E-state index contributed by atoms with van der Waals surface area (Å²) in [4.78, 5) is 48.0. The normalized spacial score (nSPS) is 13.5. The van der Waals surface area contributed by atoms with Gasteiger partial charge in [0.15, 0.2) is 6.10 Å². The molecule has 0 aliphatic rings. The Bertz CT molecular complexity index is 1030. The summed E-state index contributed by atoms with van der Waals surface area (Å²) in [7, 11) is -4.72. The molecule has 12 heteroatoms. The van der Waals surface area contributed by atoms with Crippen LogP contribution >= 0.6 is 7.82 Å². The average molecular weight is 877 g/mol. The predicted molar refractivity (Wildman–Crippen MR) is 243 cm³/mol. The number of rotatable bonds is 47. The van der Waals surface area contributed by atoms with E-state index < -0.39 is 57.8 Å². The number of ether oxygens (including phenoxy) is 3. The van der Waals surface area contributed by atoms with E-state index in [1.165, 1.54) is 135 Å². The van der Waals surface area contributed by atoms with Crippen molar-refractivity contribution in [1.82, 2.24) is 0 Å². The molecule has 0 saturated carbocycles. The van der Waals surface area contributed by atoms with Crippen LogP contribution in [0.1, 0.15) is 252 Å². The number of phosphoric acid groups is 1. The van der Waals surface area contributed by atoms with Crippen LogP contribution in [0.3, 0.4) is 0 Å². The Hall–Kier alpha value is -1.52. The lowest BCUT2D eigenvalue weighted by Gasteiger charge is -2.21. The molecule has 0 fully saturated rings. The Morgan fingerprint density at radius 3 is 0.983 bits per heavy atom. The van der Waals surface area contributed by atoms with Gasteiger partial charge in [-0.1, -0.05) is 213 Å². The number of hydrogen-bond donors (Lipinski definition) is 2. The number of carbonyl (C=O) groups excluding carboxylic acids is 3. The zero-order valence-corrected chi connectivity index (χ0v) is 39.8. The van der Waals surface area contributed by atoms with Crippen LogP contribution in [-0.2, 0) is 42.2 Å². The minimum atomic E-state index is -4.72. The fraction of sp³-hybridized carbons (Fsp3) is 0.938. The molecule has 0 saturated heterocycles. The molecule has 0 aromatic carbocycles. The smallest absolute Gasteiger partial charge is 0.462 e. The van der Waals surface area contributed by atoms with Gasteiger partial charge in [0.1, 0.15) is 12.7 Å². The first kappa shape index (κ1) is 58.5. The molecule has 3 unspecified atom stereocenters. The minimum absolute atomic E-state index is 0.176. The fourth-order valence-electron chi connectivity index (χ4n) is 7.18. The Morgan fingerprint density at radius 2 is 0.667 bits per heavy atom. The first-order valence-electron chi connectivity index (χ1n) is 24.9. The van der Waals surface area contributed by atoms with Gasteiger partial charge in [0.25, 0.3) is 0 Å². The molecule has 0 amide bonds. The van der Waals surface area contributed by atoms with Crippen LogP contribution in [0, 0.1) is 0 Å². The minimum Gasteiger partial charge on any atom is -0.462 e. The lowest BCUT2D eigenvalue weighted by molar-refractivity contribution is -0.161. The van der Waals surface area contributed by atoms with Crippen LogP contribution in [0.25, 0.3) is 0 Å². The number of aliphatic hydroxyl groups excluding tert-OH is 1. The number of unbranched alkanes of at least 4 members (excludes halogenated alkanes) is 30. The molecule has 0 spiro atoms. The lowest BCUT2D eigenvalue weighted by atomic mass is 10.0. The van der Waals surface area contributed by atoms with Gasteiger partial charge >= 0.3 is 25.7 Å². The van der Waals surface area contributed by atoms with E-state index in [-0.39, 0.29) is 25.9 Å². The summed E-state index contributed by atoms with van der Waals surface area (Å²) >= 11 is 0. The van der Waals surface area contributed by atoms with Crippen LogP contribution in [0.15, 0.2) is 0 Å². The predicted octanol–water partition coefficient (Wildman–Crippen LogP) is 13.6. The second-order valence-corrected chi connectivity index (χ2v) is 18.5. The van der Waals surface area contributed by atoms with E-state index >= 15 is 0 Å². The molecule has 0 aromatic rings. The van der Waals surface area contributed by atoms with E-state index in [1.807, 2.05) is 0 Å². The molecule has 356 valence electrons. The molecule has 60 heavy (non-hydrogen) atoms. The molecule has 0 aliphatic heterocycles. The highest BCUT2D eigenvalue weighted by Gasteiger charge is 2.28. The second-order valence-electron chi connectivity index (χ2n) is 17.0. The first-order chi connectivity index (χ1) is 29.2. The summed E-state index contributed by atoms with van der Waals surface area (Å²) in [6, 6.07) is 0. The van der Waals surface area contributed by atoms with Gasteiger partial charge in [0.2, 0.25) is 0 Å². The second kappa shape index (κ2) is 44.1. The van der Waals surface area contributed by atoms with Crippen LogP contribution in [0.2, 0.25) is 0 Å². The molecule has 11 nitrogen and oxygen atoms in total. The van der Waals surface area contributed by atoms with Crippen molar-refractivity contribution in [1.29, 1.82) is 0 Å². The average Bonchev–Trinajstić information content (AvgIpc) is 3.23. The third-order valence-electron chi connectivity index (χ3n) is 11.0. The molecule has 0 aromatic heterocycles. The van der Waals surface area contributed by atoms with Gasteiger partial charge in [-0.3, -0.25) is 23.4 Å². The molecule has 2 N–H and O–H groups in total. The summed E-state index contributed by atoms with van der Waals surface area (Å²) in [6.07, 6.45) is 36.6. The van der Waals surface area contributed by atoms with Crippen molar-refractivity contribution < 1.29 is 52.2 Å². The Labute approximate surface area is 367 Å². The molecule has 0 radical (unpaired) electrons. The van der Waals surface area contributed by atoms with Gasteiger partial charge in [-0.05, 0) is 19.3 Å². The monoisotopic (exact) mass is 877 g/mol. The largest absolute Gasteiger partial charge is 0.472 e.